The Bertz CT molecular complexity index is 222. The van der Waals surface area contributed by atoms with Crippen molar-refractivity contribution in [3.63, 3.8) is 0 Å². The van der Waals surface area contributed by atoms with E-state index in [0.29, 0.717) is 0 Å². The Morgan fingerprint density at radius 1 is 1.82 bits per heavy atom. The number of nitroso groups, excluding NO2 is 1. The Morgan fingerprint density at radius 2 is 2.55 bits per heavy atom. The first kappa shape index (κ1) is 8.27. The van der Waals surface area contributed by atoms with Gasteiger partial charge in [-0.3, -0.25) is 0 Å². The number of nitrogens with zero attached hydrogens (tertiary/aromatic N) is 1. The summed E-state index contributed by atoms with van der Waals surface area (Å²) < 4.78 is 0. The maximum Gasteiger partial charge on any atom is 0.120 e. The van der Waals surface area contributed by atoms with E-state index < -0.39 is 0 Å². The van der Waals surface area contributed by atoms with Gasteiger partial charge in [-0.15, -0.1) is 0 Å². The molecule has 60 valence electrons. The molecule has 0 bridgehead atoms. The van der Waals surface area contributed by atoms with E-state index >= 15 is 0 Å². The second-order valence-corrected chi connectivity index (χ2v) is 2.87. The van der Waals surface area contributed by atoms with Crippen molar-refractivity contribution < 1.29 is 0 Å². The fourth-order valence-electron chi connectivity index (χ4n) is 0.988. The molecular weight excluding hydrogens is 164 g/mol. The summed E-state index contributed by atoms with van der Waals surface area (Å²) in [7, 11) is 0. The monoisotopic (exact) mass is 172 g/mol. The van der Waals surface area contributed by atoms with Gasteiger partial charge in [0.25, 0.3) is 0 Å². The van der Waals surface area contributed by atoms with Gasteiger partial charge in [0.05, 0.1) is 0 Å². The van der Waals surface area contributed by atoms with Gasteiger partial charge in [0, 0.05) is 5.70 Å². The second-order valence-electron chi connectivity index (χ2n) is 2.40. The zero-order chi connectivity index (χ0) is 8.27. The minimum absolute atomic E-state index is 0.197. The third-order valence-electron chi connectivity index (χ3n) is 1.37. The van der Waals surface area contributed by atoms with E-state index in [9.17, 15) is 4.91 Å². The van der Waals surface area contributed by atoms with Crippen LogP contribution in [0.15, 0.2) is 28.6 Å². The molecule has 0 radical (unpaired) electrons. The van der Waals surface area contributed by atoms with Crippen LogP contribution in [-0.2, 0) is 0 Å². The van der Waals surface area contributed by atoms with Crippen molar-refractivity contribution >= 4 is 11.6 Å². The summed E-state index contributed by atoms with van der Waals surface area (Å²) in [4.78, 5) is 9.90. The molecule has 11 heavy (non-hydrogen) atoms. The number of rotatable bonds is 2. The van der Waals surface area contributed by atoms with Crippen molar-refractivity contribution in [3.05, 3.63) is 28.3 Å². The molecule has 1 atom stereocenters. The Morgan fingerprint density at radius 3 is 3.09 bits per heavy atom. The smallest absolute Gasteiger partial charge is 0.120 e. The van der Waals surface area contributed by atoms with Gasteiger partial charge >= 0.3 is 0 Å². The topological polar surface area (TPSA) is 41.5 Å². The molecule has 1 aliphatic rings. The normalized spacial score (nSPS) is 23.3. The van der Waals surface area contributed by atoms with Gasteiger partial charge in [-0.05, 0) is 24.6 Å². The quantitative estimate of drug-likeness (QED) is 0.392. The van der Waals surface area contributed by atoms with E-state index in [1.807, 2.05) is 13.0 Å². The number of allylic oxidation sites excluding steroid dienone is 1. The molecule has 0 aromatic heterocycles. The molecule has 0 fully saturated rings. The van der Waals surface area contributed by atoms with Crippen LogP contribution in [0.25, 0.3) is 0 Å². The average Bonchev–Trinajstić information content (AvgIpc) is 1.85. The Labute approximate surface area is 70.1 Å². The van der Waals surface area contributed by atoms with Crippen LogP contribution >= 0.6 is 11.6 Å². The first-order chi connectivity index (χ1) is 5.22. The molecule has 0 saturated heterocycles. The summed E-state index contributed by atoms with van der Waals surface area (Å²) in [5.41, 5.74) is 1.62. The van der Waals surface area contributed by atoms with Gasteiger partial charge in [-0.25, -0.2) is 0 Å². The van der Waals surface area contributed by atoms with E-state index in [2.05, 4.69) is 10.5 Å². The van der Waals surface area contributed by atoms with Gasteiger partial charge in [-0.2, -0.15) is 4.91 Å². The highest BCUT2D eigenvalue weighted by atomic mass is 35.5. The fourth-order valence-corrected chi connectivity index (χ4v) is 1.32. The van der Waals surface area contributed by atoms with E-state index in [1.54, 1.807) is 6.08 Å². The zero-order valence-electron chi connectivity index (χ0n) is 6.17. The van der Waals surface area contributed by atoms with Crippen molar-refractivity contribution in [2.75, 3.05) is 6.54 Å². The summed E-state index contributed by atoms with van der Waals surface area (Å²) in [6.45, 7) is 2.09. The van der Waals surface area contributed by atoms with Crippen LogP contribution < -0.4 is 5.32 Å². The SMILES string of the molecule is CC1=CC(CN=O)=CC(Cl)N1. The number of nitrogens with one attached hydrogen (secondary N) is 1. The van der Waals surface area contributed by atoms with Crippen molar-refractivity contribution in [1.29, 1.82) is 0 Å². The van der Waals surface area contributed by atoms with Crippen LogP contribution in [0.2, 0.25) is 0 Å². The van der Waals surface area contributed by atoms with Gasteiger partial charge < -0.3 is 5.32 Å². The van der Waals surface area contributed by atoms with Crippen molar-refractivity contribution in [2.24, 2.45) is 5.18 Å². The summed E-state index contributed by atoms with van der Waals surface area (Å²) in [6.07, 6.45) is 3.64. The summed E-state index contributed by atoms with van der Waals surface area (Å²) in [5.74, 6) is 0. The van der Waals surface area contributed by atoms with Gasteiger partial charge in [-0.1, -0.05) is 16.8 Å². The van der Waals surface area contributed by atoms with E-state index in [-0.39, 0.29) is 12.0 Å². The number of alkyl halides is 1. The first-order valence-corrected chi connectivity index (χ1v) is 3.75. The lowest BCUT2D eigenvalue weighted by Gasteiger charge is -2.15. The Balaban J connectivity index is 2.69. The minimum Gasteiger partial charge on any atom is -0.370 e. The molecule has 1 N–H and O–H groups in total. The average molecular weight is 173 g/mol. The third-order valence-corrected chi connectivity index (χ3v) is 1.61. The molecule has 0 spiro atoms. The Hall–Kier alpha value is -0.830. The van der Waals surface area contributed by atoms with Crippen molar-refractivity contribution in [1.82, 2.24) is 5.32 Å². The highest BCUT2D eigenvalue weighted by Crippen LogP contribution is 2.12. The molecule has 0 aliphatic carbocycles. The molecular formula is C7H9ClN2O. The van der Waals surface area contributed by atoms with Crippen molar-refractivity contribution in [2.45, 2.75) is 12.4 Å². The van der Waals surface area contributed by atoms with E-state index in [1.165, 1.54) is 0 Å². The lowest BCUT2D eigenvalue weighted by atomic mass is 10.1. The number of halogens is 1. The largest absolute Gasteiger partial charge is 0.370 e. The number of hydrogen-bond acceptors (Lipinski definition) is 3. The van der Waals surface area contributed by atoms with Crippen LogP contribution in [0, 0.1) is 4.91 Å². The number of hydrogen-bond donors (Lipinski definition) is 1. The number of dihydropyridines is 1. The Kier molecular flexibility index (Phi) is 2.65. The molecule has 1 heterocycles. The molecule has 0 aromatic rings. The van der Waals surface area contributed by atoms with Crippen molar-refractivity contribution in [3.8, 4) is 0 Å². The fraction of sp³-hybridized carbons (Fsp3) is 0.429. The maximum atomic E-state index is 9.90. The van der Waals surface area contributed by atoms with Gasteiger partial charge in [0.15, 0.2) is 0 Å². The first-order valence-electron chi connectivity index (χ1n) is 3.31. The summed E-state index contributed by atoms with van der Waals surface area (Å²) in [6, 6.07) is 0. The highest BCUT2D eigenvalue weighted by molar-refractivity contribution is 6.21. The standard InChI is InChI=1S/C7H9ClN2O/c1-5-2-6(4-9-11)3-7(8)10-5/h2-3,7,10H,4H2,1H3. The van der Waals surface area contributed by atoms with Crippen LogP contribution in [0.1, 0.15) is 6.92 Å². The predicted molar refractivity (Wildman–Crippen MR) is 45.3 cm³/mol. The predicted octanol–water partition coefficient (Wildman–Crippen LogP) is 1.75. The highest BCUT2D eigenvalue weighted by Gasteiger charge is 2.07. The molecule has 0 aromatic carbocycles. The van der Waals surface area contributed by atoms with E-state index in [4.69, 9.17) is 11.6 Å². The molecule has 1 unspecified atom stereocenters. The third kappa shape index (κ3) is 2.35. The second kappa shape index (κ2) is 3.53. The van der Waals surface area contributed by atoms with Crippen LogP contribution in [-0.4, -0.2) is 12.0 Å². The zero-order valence-corrected chi connectivity index (χ0v) is 6.93. The molecule has 4 heteroatoms. The van der Waals surface area contributed by atoms with Crippen LogP contribution in [0.4, 0.5) is 0 Å². The minimum atomic E-state index is -0.211. The summed E-state index contributed by atoms with van der Waals surface area (Å²) in [5, 5.41) is 5.75. The van der Waals surface area contributed by atoms with E-state index in [0.717, 1.165) is 11.3 Å². The molecule has 0 amide bonds. The molecule has 0 saturated carbocycles. The maximum absolute atomic E-state index is 9.90. The lowest BCUT2D eigenvalue weighted by Crippen LogP contribution is -2.23. The van der Waals surface area contributed by atoms with Gasteiger partial charge in [0.1, 0.15) is 12.0 Å². The van der Waals surface area contributed by atoms with Crippen LogP contribution in [0.5, 0.6) is 0 Å². The summed E-state index contributed by atoms with van der Waals surface area (Å²) >= 11 is 5.77. The lowest BCUT2D eigenvalue weighted by molar-refractivity contribution is 0.819. The van der Waals surface area contributed by atoms with Crippen LogP contribution in [0.3, 0.4) is 0 Å². The molecule has 1 rings (SSSR count). The molecule has 3 nitrogen and oxygen atoms in total. The van der Waals surface area contributed by atoms with Gasteiger partial charge in [0.2, 0.25) is 0 Å². The molecule has 1 aliphatic heterocycles.